The van der Waals surface area contributed by atoms with Gasteiger partial charge in [0.2, 0.25) is 0 Å². The van der Waals surface area contributed by atoms with E-state index >= 15 is 0 Å². The highest BCUT2D eigenvalue weighted by molar-refractivity contribution is 5.88. The predicted molar refractivity (Wildman–Crippen MR) is 113 cm³/mol. The monoisotopic (exact) mass is 360 g/mol. The number of anilines is 2. The number of fused-ring (bicyclic) bond motifs is 1. The van der Waals surface area contributed by atoms with Crippen LogP contribution in [0.5, 0.6) is 0 Å². The second-order valence-corrected chi connectivity index (χ2v) is 7.42. The van der Waals surface area contributed by atoms with E-state index in [-0.39, 0.29) is 0 Å². The van der Waals surface area contributed by atoms with Crippen molar-refractivity contribution >= 4 is 22.4 Å². The average Bonchev–Trinajstić information content (AvgIpc) is 2.73. The molecule has 0 saturated carbocycles. The molecule has 1 aromatic heterocycles. The molecule has 4 rings (SSSR count). The molecule has 0 radical (unpaired) electrons. The van der Waals surface area contributed by atoms with Gasteiger partial charge in [-0.25, -0.2) is 9.97 Å². The fourth-order valence-corrected chi connectivity index (χ4v) is 3.85. The molecule has 0 spiro atoms. The quantitative estimate of drug-likeness (QED) is 0.667. The maximum absolute atomic E-state index is 4.48. The third-order valence-corrected chi connectivity index (χ3v) is 5.50. The normalized spacial score (nSPS) is 15.2. The average molecular weight is 361 g/mol. The summed E-state index contributed by atoms with van der Waals surface area (Å²) in [4.78, 5) is 11.3. The van der Waals surface area contributed by atoms with Crippen LogP contribution in [0, 0.1) is 0 Å². The number of rotatable bonds is 6. The van der Waals surface area contributed by atoms with Crippen molar-refractivity contribution in [2.45, 2.75) is 45.1 Å². The van der Waals surface area contributed by atoms with Gasteiger partial charge in [0, 0.05) is 30.2 Å². The first-order valence-electron chi connectivity index (χ1n) is 10.1. The Hall–Kier alpha value is -2.62. The van der Waals surface area contributed by atoms with Crippen molar-refractivity contribution in [3.05, 3.63) is 60.4 Å². The van der Waals surface area contributed by atoms with Crippen molar-refractivity contribution in [3.63, 3.8) is 0 Å². The van der Waals surface area contributed by atoms with Crippen LogP contribution in [0.1, 0.15) is 38.2 Å². The maximum Gasteiger partial charge on any atom is 0.137 e. The number of nitrogens with zero attached hydrogens (tertiary/aromatic N) is 3. The molecule has 4 heteroatoms. The van der Waals surface area contributed by atoms with Gasteiger partial charge in [-0.1, -0.05) is 37.6 Å². The molecule has 0 amide bonds. The van der Waals surface area contributed by atoms with E-state index in [0.29, 0.717) is 6.04 Å². The number of piperidine rings is 1. The van der Waals surface area contributed by atoms with Crippen LogP contribution in [0.15, 0.2) is 54.9 Å². The molecule has 3 aromatic rings. The number of hydrogen-bond acceptors (Lipinski definition) is 4. The number of aryl methyl sites for hydroxylation is 1. The molecule has 1 aliphatic heterocycles. The van der Waals surface area contributed by atoms with Crippen molar-refractivity contribution in [2.24, 2.45) is 0 Å². The summed E-state index contributed by atoms with van der Waals surface area (Å²) in [6.45, 7) is 4.40. The van der Waals surface area contributed by atoms with Gasteiger partial charge in [-0.05, 0) is 55.5 Å². The van der Waals surface area contributed by atoms with Crippen molar-refractivity contribution < 1.29 is 0 Å². The van der Waals surface area contributed by atoms with E-state index < -0.39 is 0 Å². The Labute approximate surface area is 161 Å². The third-order valence-electron chi connectivity index (χ3n) is 5.50. The Morgan fingerprint density at radius 2 is 1.78 bits per heavy atom. The fourth-order valence-electron chi connectivity index (χ4n) is 3.85. The highest BCUT2D eigenvalue weighted by Gasteiger charge is 2.20. The molecule has 1 fully saturated rings. The molecule has 4 nitrogen and oxygen atoms in total. The lowest BCUT2D eigenvalue weighted by Gasteiger charge is -2.34. The van der Waals surface area contributed by atoms with Gasteiger partial charge >= 0.3 is 0 Å². The molecule has 0 aliphatic carbocycles. The second kappa shape index (κ2) is 8.38. The first kappa shape index (κ1) is 17.8. The number of unbranched alkanes of at least 4 members (excludes halogenated alkanes) is 1. The summed E-state index contributed by atoms with van der Waals surface area (Å²) in [6.07, 6.45) is 7.61. The number of aromatic nitrogens is 2. The van der Waals surface area contributed by atoms with E-state index in [4.69, 9.17) is 0 Å². The molecule has 1 saturated heterocycles. The molecule has 140 valence electrons. The topological polar surface area (TPSA) is 41.0 Å². The van der Waals surface area contributed by atoms with Gasteiger partial charge in [0.1, 0.15) is 12.1 Å². The predicted octanol–water partition coefficient (Wildman–Crippen LogP) is 5.05. The van der Waals surface area contributed by atoms with Gasteiger partial charge in [-0.3, -0.25) is 0 Å². The van der Waals surface area contributed by atoms with E-state index in [0.717, 1.165) is 42.7 Å². The molecule has 1 N–H and O–H groups in total. The SMILES string of the molecule is CCCCc1ccc(N2CCC(Nc3ncnc4ccccc34)CC2)cc1. The Bertz CT molecular complexity index is 862. The standard InChI is InChI=1S/C23H28N4/c1-2-3-6-18-9-11-20(12-10-18)27-15-13-19(14-16-27)26-23-21-7-4-5-8-22(21)24-17-25-23/h4-5,7-12,17,19H,2-3,6,13-16H2,1H3,(H,24,25,26). The van der Waals surface area contributed by atoms with Crippen LogP contribution < -0.4 is 10.2 Å². The molecular weight excluding hydrogens is 332 g/mol. The zero-order valence-corrected chi connectivity index (χ0v) is 16.1. The fraction of sp³-hybridized carbons (Fsp3) is 0.391. The second-order valence-electron chi connectivity index (χ2n) is 7.42. The largest absolute Gasteiger partial charge is 0.371 e. The van der Waals surface area contributed by atoms with E-state index in [1.165, 1.54) is 30.5 Å². The summed E-state index contributed by atoms with van der Waals surface area (Å²) in [5.74, 6) is 0.958. The van der Waals surface area contributed by atoms with Gasteiger partial charge < -0.3 is 10.2 Å². The number of nitrogens with one attached hydrogen (secondary N) is 1. The lowest BCUT2D eigenvalue weighted by Crippen LogP contribution is -2.39. The minimum Gasteiger partial charge on any atom is -0.371 e. The Morgan fingerprint density at radius 3 is 2.56 bits per heavy atom. The number of benzene rings is 2. The number of hydrogen-bond donors (Lipinski definition) is 1. The van der Waals surface area contributed by atoms with Crippen LogP contribution in [0.2, 0.25) is 0 Å². The van der Waals surface area contributed by atoms with Crippen LogP contribution in [-0.4, -0.2) is 29.1 Å². The molecule has 1 aliphatic rings. The van der Waals surface area contributed by atoms with Crippen LogP contribution in [0.4, 0.5) is 11.5 Å². The lowest BCUT2D eigenvalue weighted by atomic mass is 10.0. The van der Waals surface area contributed by atoms with Crippen LogP contribution in [0.25, 0.3) is 10.9 Å². The summed E-state index contributed by atoms with van der Waals surface area (Å²) in [7, 11) is 0. The zero-order valence-electron chi connectivity index (χ0n) is 16.1. The summed E-state index contributed by atoms with van der Waals surface area (Å²) in [5, 5.41) is 4.75. The van der Waals surface area contributed by atoms with Gasteiger partial charge in [0.15, 0.2) is 0 Å². The molecule has 0 bridgehead atoms. The van der Waals surface area contributed by atoms with Crippen LogP contribution in [0.3, 0.4) is 0 Å². The van der Waals surface area contributed by atoms with E-state index in [2.05, 4.69) is 57.4 Å². The summed E-state index contributed by atoms with van der Waals surface area (Å²) in [5.41, 5.74) is 3.80. The highest BCUT2D eigenvalue weighted by Crippen LogP contribution is 2.25. The lowest BCUT2D eigenvalue weighted by molar-refractivity contribution is 0.526. The summed E-state index contributed by atoms with van der Waals surface area (Å²) in [6, 6.07) is 17.8. The van der Waals surface area contributed by atoms with Gasteiger partial charge in [0.25, 0.3) is 0 Å². The van der Waals surface area contributed by atoms with Gasteiger partial charge in [0.05, 0.1) is 5.52 Å². The smallest absolute Gasteiger partial charge is 0.137 e. The van der Waals surface area contributed by atoms with Crippen LogP contribution in [-0.2, 0) is 6.42 Å². The Balaban J connectivity index is 1.36. The summed E-state index contributed by atoms with van der Waals surface area (Å²) < 4.78 is 0. The Morgan fingerprint density at radius 1 is 1.00 bits per heavy atom. The molecule has 2 aromatic carbocycles. The first-order chi connectivity index (χ1) is 13.3. The third kappa shape index (κ3) is 4.21. The maximum atomic E-state index is 4.48. The van der Waals surface area contributed by atoms with Crippen molar-refractivity contribution in [1.82, 2.24) is 9.97 Å². The highest BCUT2D eigenvalue weighted by atomic mass is 15.2. The summed E-state index contributed by atoms with van der Waals surface area (Å²) >= 11 is 0. The Kier molecular flexibility index (Phi) is 5.52. The minimum absolute atomic E-state index is 0.461. The van der Waals surface area contributed by atoms with E-state index in [1.807, 2.05) is 18.2 Å². The van der Waals surface area contributed by atoms with E-state index in [1.54, 1.807) is 6.33 Å². The van der Waals surface area contributed by atoms with Crippen molar-refractivity contribution in [3.8, 4) is 0 Å². The molecular formula is C23H28N4. The number of para-hydroxylation sites is 1. The van der Waals surface area contributed by atoms with Gasteiger partial charge in [-0.15, -0.1) is 0 Å². The first-order valence-corrected chi connectivity index (χ1v) is 10.1. The zero-order chi connectivity index (χ0) is 18.5. The molecule has 2 heterocycles. The molecule has 27 heavy (non-hydrogen) atoms. The van der Waals surface area contributed by atoms with Crippen molar-refractivity contribution in [1.29, 1.82) is 0 Å². The molecule has 0 unspecified atom stereocenters. The van der Waals surface area contributed by atoms with Crippen molar-refractivity contribution in [2.75, 3.05) is 23.3 Å². The van der Waals surface area contributed by atoms with Crippen LogP contribution >= 0.6 is 0 Å². The van der Waals surface area contributed by atoms with E-state index in [9.17, 15) is 0 Å². The minimum atomic E-state index is 0.461. The van der Waals surface area contributed by atoms with Gasteiger partial charge in [-0.2, -0.15) is 0 Å². The molecule has 0 atom stereocenters.